The highest BCUT2D eigenvalue weighted by molar-refractivity contribution is 6.15. The van der Waals surface area contributed by atoms with Crippen molar-refractivity contribution in [1.29, 1.82) is 0 Å². The van der Waals surface area contributed by atoms with Crippen LogP contribution in [0.25, 0.3) is 0 Å². The number of ketones is 1. The fourth-order valence-electron chi connectivity index (χ4n) is 3.94. The minimum atomic E-state index is -0.363. The highest BCUT2D eigenvalue weighted by Gasteiger charge is 2.38. The van der Waals surface area contributed by atoms with Gasteiger partial charge in [0.05, 0.1) is 11.1 Å². The second kappa shape index (κ2) is 7.09. The van der Waals surface area contributed by atoms with Crippen LogP contribution in [0.4, 0.5) is 0 Å². The average molecular weight is 338 g/mol. The van der Waals surface area contributed by atoms with E-state index in [0.717, 1.165) is 36.7 Å². The summed E-state index contributed by atoms with van der Waals surface area (Å²) in [6.07, 6.45) is 4.13. The first kappa shape index (κ1) is 17.2. The van der Waals surface area contributed by atoms with E-state index in [0.29, 0.717) is 6.42 Å². The van der Waals surface area contributed by atoms with Crippen LogP contribution in [-0.2, 0) is 4.79 Å². The maximum atomic E-state index is 12.9. The molecule has 0 radical (unpaired) electrons. The van der Waals surface area contributed by atoms with E-state index in [2.05, 4.69) is 6.92 Å². The van der Waals surface area contributed by atoms with Crippen molar-refractivity contribution in [3.8, 4) is 11.5 Å². The normalized spacial score (nSPS) is 14.7. The Labute approximate surface area is 147 Å². The molecule has 4 heteroatoms. The van der Waals surface area contributed by atoms with Gasteiger partial charge in [-0.1, -0.05) is 44.0 Å². The Morgan fingerprint density at radius 2 is 1.60 bits per heavy atom. The number of unbranched alkanes of at least 4 members (excludes halogenated alkanes) is 1. The molecule has 0 heterocycles. The van der Waals surface area contributed by atoms with Crippen LogP contribution < -0.4 is 0 Å². The van der Waals surface area contributed by atoms with Crippen molar-refractivity contribution in [3.63, 3.8) is 0 Å². The lowest BCUT2D eigenvalue weighted by atomic mass is 9.69. The summed E-state index contributed by atoms with van der Waals surface area (Å²) in [6, 6.07) is 10.1. The second-order valence-electron chi connectivity index (χ2n) is 6.59. The van der Waals surface area contributed by atoms with Crippen molar-refractivity contribution in [3.05, 3.63) is 58.7 Å². The Balaban J connectivity index is 2.23. The molecule has 1 aliphatic rings. The van der Waals surface area contributed by atoms with Gasteiger partial charge in [-0.05, 0) is 35.6 Å². The van der Waals surface area contributed by atoms with Gasteiger partial charge in [0, 0.05) is 12.3 Å². The second-order valence-corrected chi connectivity index (χ2v) is 6.59. The predicted molar refractivity (Wildman–Crippen MR) is 95.2 cm³/mol. The van der Waals surface area contributed by atoms with Gasteiger partial charge in [0.25, 0.3) is 0 Å². The van der Waals surface area contributed by atoms with Crippen molar-refractivity contribution >= 4 is 12.1 Å². The molecule has 0 amide bonds. The van der Waals surface area contributed by atoms with Crippen molar-refractivity contribution in [2.75, 3.05) is 0 Å². The molecule has 2 aromatic rings. The van der Waals surface area contributed by atoms with Gasteiger partial charge in [-0.25, -0.2) is 0 Å². The lowest BCUT2D eigenvalue weighted by molar-refractivity contribution is -0.108. The van der Waals surface area contributed by atoms with Gasteiger partial charge in [0.1, 0.15) is 17.8 Å². The van der Waals surface area contributed by atoms with Crippen molar-refractivity contribution in [1.82, 2.24) is 0 Å². The number of rotatable bonds is 6. The van der Waals surface area contributed by atoms with E-state index in [9.17, 15) is 19.8 Å². The average Bonchev–Trinajstić information content (AvgIpc) is 2.59. The van der Waals surface area contributed by atoms with Crippen LogP contribution in [0.1, 0.15) is 65.6 Å². The number of hydrogen-bond acceptors (Lipinski definition) is 4. The highest BCUT2D eigenvalue weighted by atomic mass is 16.3. The molecule has 130 valence electrons. The van der Waals surface area contributed by atoms with Gasteiger partial charge in [-0.15, -0.1) is 0 Å². The first-order valence-electron chi connectivity index (χ1n) is 8.72. The van der Waals surface area contributed by atoms with E-state index >= 15 is 0 Å². The molecule has 0 bridgehead atoms. The smallest absolute Gasteiger partial charge is 0.201 e. The Kier molecular flexibility index (Phi) is 4.88. The summed E-state index contributed by atoms with van der Waals surface area (Å²) in [4.78, 5) is 24.2. The van der Waals surface area contributed by atoms with Crippen LogP contribution in [0.3, 0.4) is 0 Å². The molecular weight excluding hydrogens is 316 g/mol. The molecule has 0 saturated carbocycles. The van der Waals surface area contributed by atoms with Crippen molar-refractivity contribution in [2.24, 2.45) is 5.92 Å². The highest BCUT2D eigenvalue weighted by Crippen LogP contribution is 2.47. The zero-order valence-corrected chi connectivity index (χ0v) is 14.2. The molecule has 0 fully saturated rings. The number of carbonyl (C=O) groups excluding carboxylic acids is 2. The number of carbonyl (C=O) groups is 2. The third-order valence-corrected chi connectivity index (χ3v) is 5.07. The van der Waals surface area contributed by atoms with E-state index < -0.39 is 0 Å². The molecule has 0 spiro atoms. The molecule has 3 rings (SSSR count). The number of fused-ring (bicyclic) bond motifs is 2. The van der Waals surface area contributed by atoms with Crippen molar-refractivity contribution < 1.29 is 19.8 Å². The van der Waals surface area contributed by atoms with Crippen LogP contribution in [0.2, 0.25) is 0 Å². The van der Waals surface area contributed by atoms with Crippen LogP contribution in [0.5, 0.6) is 11.5 Å². The fraction of sp³-hybridized carbons (Fsp3) is 0.333. The maximum Gasteiger partial charge on any atom is 0.201 e. The first-order chi connectivity index (χ1) is 12.1. The van der Waals surface area contributed by atoms with Gasteiger partial charge in [0.15, 0.2) is 0 Å². The predicted octanol–water partition coefficient (Wildman–Crippen LogP) is 4.17. The molecule has 2 N–H and O–H groups in total. The summed E-state index contributed by atoms with van der Waals surface area (Å²) in [6.45, 7) is 2.10. The molecule has 0 saturated heterocycles. The maximum absolute atomic E-state index is 12.9. The molecular formula is C21H22O4. The number of phenolic OH excluding ortho intramolecular Hbond substituents is 2. The van der Waals surface area contributed by atoms with Crippen LogP contribution in [0.15, 0.2) is 36.4 Å². The van der Waals surface area contributed by atoms with E-state index in [1.165, 1.54) is 12.1 Å². The summed E-state index contributed by atoms with van der Waals surface area (Å²) in [5.41, 5.74) is 1.97. The molecule has 2 aromatic carbocycles. The van der Waals surface area contributed by atoms with Gasteiger partial charge in [-0.2, -0.15) is 0 Å². The molecule has 25 heavy (non-hydrogen) atoms. The monoisotopic (exact) mass is 338 g/mol. The Bertz CT molecular complexity index is 754. The minimum Gasteiger partial charge on any atom is -0.507 e. The van der Waals surface area contributed by atoms with Crippen LogP contribution in [0, 0.1) is 5.92 Å². The number of aldehydes is 1. The number of benzene rings is 2. The fourth-order valence-corrected chi connectivity index (χ4v) is 3.94. The molecule has 1 aliphatic carbocycles. The molecule has 4 nitrogen and oxygen atoms in total. The lowest BCUT2D eigenvalue weighted by Gasteiger charge is -2.33. The quantitative estimate of drug-likeness (QED) is 0.775. The Morgan fingerprint density at radius 1 is 1.04 bits per heavy atom. The standard InChI is InChI=1S/C21H22O4/c1-2-3-6-13(11-12-22)18-14-7-4-9-16(23)19(14)21(25)20-15(18)8-5-10-17(20)24/h4-5,7-10,12-13,18,23-24H,2-3,6,11H2,1H3/t13-/m1/s1. The number of hydrogen-bond donors (Lipinski definition) is 2. The van der Waals surface area contributed by atoms with Crippen molar-refractivity contribution in [2.45, 2.75) is 38.5 Å². The SMILES string of the molecule is CCCC[C@H](CC=O)C1c2cccc(O)c2C(=O)c2c(O)cccc21. The lowest BCUT2D eigenvalue weighted by Crippen LogP contribution is -2.25. The van der Waals surface area contributed by atoms with Gasteiger partial charge in [0.2, 0.25) is 5.78 Å². The molecule has 1 atom stereocenters. The van der Waals surface area contributed by atoms with Gasteiger partial charge < -0.3 is 15.0 Å². The summed E-state index contributed by atoms with van der Waals surface area (Å²) in [7, 11) is 0. The summed E-state index contributed by atoms with van der Waals surface area (Å²) >= 11 is 0. The third-order valence-electron chi connectivity index (χ3n) is 5.07. The Morgan fingerprint density at radius 3 is 2.08 bits per heavy atom. The largest absolute Gasteiger partial charge is 0.507 e. The topological polar surface area (TPSA) is 74.6 Å². The molecule has 0 unspecified atom stereocenters. The minimum absolute atomic E-state index is 0.0200. The third kappa shape index (κ3) is 2.93. The van der Waals surface area contributed by atoms with E-state index in [1.807, 2.05) is 12.1 Å². The summed E-state index contributed by atoms with van der Waals surface area (Å²) < 4.78 is 0. The zero-order valence-electron chi connectivity index (χ0n) is 14.2. The van der Waals surface area contributed by atoms with E-state index in [1.54, 1.807) is 12.1 Å². The molecule has 0 aromatic heterocycles. The van der Waals surface area contributed by atoms with E-state index in [-0.39, 0.29) is 40.2 Å². The Hall–Kier alpha value is -2.62. The number of phenols is 2. The zero-order chi connectivity index (χ0) is 18.0. The first-order valence-corrected chi connectivity index (χ1v) is 8.72. The van der Waals surface area contributed by atoms with Gasteiger partial charge >= 0.3 is 0 Å². The van der Waals surface area contributed by atoms with Gasteiger partial charge in [-0.3, -0.25) is 4.79 Å². The van der Waals surface area contributed by atoms with Crippen LogP contribution >= 0.6 is 0 Å². The summed E-state index contributed by atoms with van der Waals surface area (Å²) in [5, 5.41) is 20.6. The number of aromatic hydroxyl groups is 2. The van der Waals surface area contributed by atoms with Crippen LogP contribution in [-0.4, -0.2) is 22.3 Å². The van der Waals surface area contributed by atoms with E-state index in [4.69, 9.17) is 0 Å². The molecule has 0 aliphatic heterocycles. The summed E-state index contributed by atoms with van der Waals surface area (Å²) in [5.74, 6) is -0.702.